The molecule has 100 valence electrons. The summed E-state index contributed by atoms with van der Waals surface area (Å²) in [5, 5.41) is 0. The molecule has 3 heteroatoms. The lowest BCUT2D eigenvalue weighted by Gasteiger charge is -2.33. The molecule has 2 rings (SSSR count). The number of anilines is 1. The quantitative estimate of drug-likeness (QED) is 0.833. The predicted molar refractivity (Wildman–Crippen MR) is 73.7 cm³/mol. The maximum Gasteiger partial charge on any atom is 0.146 e. The molecular weight excluding hydrogens is 227 g/mol. The van der Waals surface area contributed by atoms with Gasteiger partial charge in [-0.1, -0.05) is 19.1 Å². The van der Waals surface area contributed by atoms with Crippen LogP contribution in [0.3, 0.4) is 0 Å². The van der Waals surface area contributed by atoms with E-state index in [0.29, 0.717) is 11.7 Å². The van der Waals surface area contributed by atoms with Crippen LogP contribution in [0.1, 0.15) is 38.2 Å². The van der Waals surface area contributed by atoms with Crippen LogP contribution in [0.5, 0.6) is 0 Å². The first-order valence-electron chi connectivity index (χ1n) is 6.81. The Bertz CT molecular complexity index is 397. The Hall–Kier alpha value is -1.09. The zero-order chi connectivity index (χ0) is 13.1. The Kier molecular flexibility index (Phi) is 4.23. The highest BCUT2D eigenvalue weighted by Crippen LogP contribution is 2.28. The molecule has 0 aliphatic heterocycles. The van der Waals surface area contributed by atoms with Gasteiger partial charge in [0.2, 0.25) is 0 Å². The average molecular weight is 250 g/mol. The molecule has 18 heavy (non-hydrogen) atoms. The van der Waals surface area contributed by atoms with Crippen molar-refractivity contribution in [1.29, 1.82) is 0 Å². The standard InChI is InChI=1S/C15H23FN2/c1-11-6-8-13(9-7-11)18(2)10-12-4-3-5-14(16)15(12)17/h3-5,11,13H,6-10,17H2,1-2H3. The topological polar surface area (TPSA) is 29.3 Å². The highest BCUT2D eigenvalue weighted by atomic mass is 19.1. The molecule has 0 heterocycles. The second kappa shape index (κ2) is 5.70. The van der Waals surface area contributed by atoms with Crippen molar-refractivity contribution in [2.75, 3.05) is 12.8 Å². The molecule has 1 aromatic rings. The summed E-state index contributed by atoms with van der Waals surface area (Å²) in [6.45, 7) is 3.06. The molecule has 1 aromatic carbocycles. The molecule has 0 atom stereocenters. The maximum absolute atomic E-state index is 13.4. The Morgan fingerprint density at radius 1 is 1.28 bits per heavy atom. The second-order valence-corrected chi connectivity index (χ2v) is 5.64. The van der Waals surface area contributed by atoms with Gasteiger partial charge in [0, 0.05) is 12.6 Å². The normalized spacial score (nSPS) is 24.4. The molecule has 0 bridgehead atoms. The van der Waals surface area contributed by atoms with Gasteiger partial charge in [-0.05, 0) is 50.3 Å². The molecule has 0 spiro atoms. The van der Waals surface area contributed by atoms with Crippen molar-refractivity contribution in [2.45, 2.75) is 45.2 Å². The molecule has 0 amide bonds. The zero-order valence-corrected chi connectivity index (χ0v) is 11.3. The summed E-state index contributed by atoms with van der Waals surface area (Å²) in [5.74, 6) is 0.548. The van der Waals surface area contributed by atoms with E-state index < -0.39 is 0 Å². The number of nitrogen functional groups attached to an aromatic ring is 1. The smallest absolute Gasteiger partial charge is 0.146 e. The van der Waals surface area contributed by atoms with Crippen molar-refractivity contribution in [2.24, 2.45) is 5.92 Å². The first-order chi connectivity index (χ1) is 8.58. The van der Waals surface area contributed by atoms with Gasteiger partial charge in [0.15, 0.2) is 0 Å². The predicted octanol–water partition coefficient (Wildman–Crippen LogP) is 3.42. The summed E-state index contributed by atoms with van der Waals surface area (Å²) in [7, 11) is 2.12. The fourth-order valence-corrected chi connectivity index (χ4v) is 2.80. The number of halogens is 1. The van der Waals surface area contributed by atoms with Gasteiger partial charge >= 0.3 is 0 Å². The molecule has 0 aromatic heterocycles. The van der Waals surface area contributed by atoms with Gasteiger partial charge in [-0.25, -0.2) is 4.39 Å². The minimum Gasteiger partial charge on any atom is -0.396 e. The molecule has 1 saturated carbocycles. The van der Waals surface area contributed by atoms with Gasteiger partial charge in [0.1, 0.15) is 5.82 Å². The van der Waals surface area contributed by atoms with E-state index in [9.17, 15) is 4.39 Å². The molecule has 1 aliphatic carbocycles. The molecule has 0 radical (unpaired) electrons. The fraction of sp³-hybridized carbons (Fsp3) is 0.600. The Balaban J connectivity index is 1.98. The van der Waals surface area contributed by atoms with Crippen LogP contribution >= 0.6 is 0 Å². The van der Waals surface area contributed by atoms with E-state index in [2.05, 4.69) is 18.9 Å². The highest BCUT2D eigenvalue weighted by Gasteiger charge is 2.22. The SMILES string of the molecule is CC1CCC(N(C)Cc2cccc(F)c2N)CC1. The van der Waals surface area contributed by atoms with Crippen molar-refractivity contribution in [3.05, 3.63) is 29.6 Å². The van der Waals surface area contributed by atoms with E-state index in [-0.39, 0.29) is 5.82 Å². The number of benzene rings is 1. The third-order valence-corrected chi connectivity index (χ3v) is 4.17. The summed E-state index contributed by atoms with van der Waals surface area (Å²) >= 11 is 0. The molecule has 1 fully saturated rings. The van der Waals surface area contributed by atoms with Crippen molar-refractivity contribution in [3.63, 3.8) is 0 Å². The van der Waals surface area contributed by atoms with Gasteiger partial charge in [-0.3, -0.25) is 4.90 Å². The first-order valence-corrected chi connectivity index (χ1v) is 6.81. The minimum atomic E-state index is -0.307. The van der Waals surface area contributed by atoms with Crippen LogP contribution in [0.25, 0.3) is 0 Å². The summed E-state index contributed by atoms with van der Waals surface area (Å²) in [4.78, 5) is 2.32. The van der Waals surface area contributed by atoms with Gasteiger partial charge in [0.05, 0.1) is 5.69 Å². The minimum absolute atomic E-state index is 0.300. The van der Waals surface area contributed by atoms with Crippen LogP contribution in [0.15, 0.2) is 18.2 Å². The highest BCUT2D eigenvalue weighted by molar-refractivity contribution is 5.47. The summed E-state index contributed by atoms with van der Waals surface area (Å²) in [5.41, 5.74) is 6.98. The van der Waals surface area contributed by atoms with Crippen molar-refractivity contribution < 1.29 is 4.39 Å². The van der Waals surface area contributed by atoms with Gasteiger partial charge in [0.25, 0.3) is 0 Å². The lowest BCUT2D eigenvalue weighted by Crippen LogP contribution is -2.34. The van der Waals surface area contributed by atoms with Crippen LogP contribution in [-0.2, 0) is 6.54 Å². The van der Waals surface area contributed by atoms with E-state index in [4.69, 9.17) is 5.73 Å². The second-order valence-electron chi connectivity index (χ2n) is 5.64. The third-order valence-electron chi connectivity index (χ3n) is 4.17. The number of nitrogens with zero attached hydrogens (tertiary/aromatic N) is 1. The van der Waals surface area contributed by atoms with Crippen LogP contribution in [0.2, 0.25) is 0 Å². The zero-order valence-electron chi connectivity index (χ0n) is 11.3. The Morgan fingerprint density at radius 3 is 2.61 bits per heavy atom. The molecular formula is C15H23FN2. The summed E-state index contributed by atoms with van der Waals surface area (Å²) in [6, 6.07) is 5.68. The van der Waals surface area contributed by atoms with Crippen molar-refractivity contribution in [3.8, 4) is 0 Å². The Morgan fingerprint density at radius 2 is 1.94 bits per heavy atom. The van der Waals surface area contributed by atoms with E-state index >= 15 is 0 Å². The number of hydrogen-bond donors (Lipinski definition) is 1. The number of rotatable bonds is 3. The summed E-state index contributed by atoms with van der Waals surface area (Å²) < 4.78 is 13.4. The van der Waals surface area contributed by atoms with E-state index in [1.807, 2.05) is 6.07 Å². The first kappa shape index (κ1) is 13.3. The molecule has 1 aliphatic rings. The largest absolute Gasteiger partial charge is 0.396 e. The molecule has 2 N–H and O–H groups in total. The molecule has 0 unspecified atom stereocenters. The third kappa shape index (κ3) is 3.02. The van der Waals surface area contributed by atoms with E-state index in [1.54, 1.807) is 6.07 Å². The monoisotopic (exact) mass is 250 g/mol. The molecule has 0 saturated heterocycles. The average Bonchev–Trinajstić information content (AvgIpc) is 2.36. The van der Waals surface area contributed by atoms with Gasteiger partial charge < -0.3 is 5.73 Å². The van der Waals surface area contributed by atoms with Crippen LogP contribution < -0.4 is 5.73 Å². The van der Waals surface area contributed by atoms with Crippen LogP contribution in [0, 0.1) is 11.7 Å². The van der Waals surface area contributed by atoms with Gasteiger partial charge in [-0.15, -0.1) is 0 Å². The summed E-state index contributed by atoms with van der Waals surface area (Å²) in [6.07, 6.45) is 5.08. The fourth-order valence-electron chi connectivity index (χ4n) is 2.80. The lowest BCUT2D eigenvalue weighted by atomic mass is 9.86. The number of hydrogen-bond acceptors (Lipinski definition) is 2. The van der Waals surface area contributed by atoms with Crippen LogP contribution in [-0.4, -0.2) is 18.0 Å². The van der Waals surface area contributed by atoms with Gasteiger partial charge in [-0.2, -0.15) is 0 Å². The number of para-hydroxylation sites is 1. The van der Waals surface area contributed by atoms with Crippen molar-refractivity contribution >= 4 is 5.69 Å². The lowest BCUT2D eigenvalue weighted by molar-refractivity contribution is 0.164. The number of nitrogens with two attached hydrogens (primary N) is 1. The maximum atomic E-state index is 13.4. The van der Waals surface area contributed by atoms with E-state index in [0.717, 1.165) is 18.0 Å². The van der Waals surface area contributed by atoms with Crippen LogP contribution in [0.4, 0.5) is 10.1 Å². The molecule has 2 nitrogen and oxygen atoms in total. The van der Waals surface area contributed by atoms with E-state index in [1.165, 1.54) is 31.7 Å². The Labute approximate surface area is 109 Å². The van der Waals surface area contributed by atoms with Crippen molar-refractivity contribution in [1.82, 2.24) is 4.90 Å².